The number of ether oxygens (including phenoxy) is 1. The van der Waals surface area contributed by atoms with E-state index >= 15 is 0 Å². The first kappa shape index (κ1) is 8.35. The summed E-state index contributed by atoms with van der Waals surface area (Å²) in [5.74, 6) is 0. The molecule has 0 N–H and O–H groups in total. The number of hydrogen-bond acceptors (Lipinski definition) is 2. The molecule has 1 rings (SSSR count). The third kappa shape index (κ3) is 2.14. The van der Waals surface area contributed by atoms with E-state index in [2.05, 4.69) is 6.07 Å². The lowest BCUT2D eigenvalue weighted by Crippen LogP contribution is -1.75. The average Bonchev–Trinajstić information content (AvgIpc) is 2.15. The summed E-state index contributed by atoms with van der Waals surface area (Å²) < 4.78 is 4.76. The molecule has 0 bridgehead atoms. The minimum atomic E-state index is 0.671. The Kier molecular flexibility index (Phi) is 2.92. The van der Waals surface area contributed by atoms with Crippen molar-refractivity contribution in [2.45, 2.75) is 0 Å². The number of nitrogens with zero attached hydrogens (tertiary/aromatic N) is 1. The fraction of sp³-hybridized carbons (Fsp3) is 0.100. The molecule has 0 saturated heterocycles. The quantitative estimate of drug-likeness (QED) is 0.619. The summed E-state index contributed by atoms with van der Waals surface area (Å²) in [7, 11) is 1.60. The third-order valence-corrected chi connectivity index (χ3v) is 1.44. The molecule has 0 spiro atoms. The molecule has 2 nitrogen and oxygen atoms in total. The first-order valence-corrected chi connectivity index (χ1v) is 3.56. The van der Waals surface area contributed by atoms with E-state index in [4.69, 9.17) is 10.00 Å². The maximum absolute atomic E-state index is 8.51. The highest BCUT2D eigenvalue weighted by Crippen LogP contribution is 2.04. The van der Waals surface area contributed by atoms with Gasteiger partial charge in [0.1, 0.15) is 0 Å². The van der Waals surface area contributed by atoms with Crippen LogP contribution >= 0.6 is 0 Å². The van der Waals surface area contributed by atoms with Crippen LogP contribution in [0.1, 0.15) is 11.1 Å². The van der Waals surface area contributed by atoms with Crippen molar-refractivity contribution in [2.75, 3.05) is 7.11 Å². The van der Waals surface area contributed by atoms with Gasteiger partial charge in [0, 0.05) is 0 Å². The van der Waals surface area contributed by atoms with E-state index in [0.29, 0.717) is 5.56 Å². The highest BCUT2D eigenvalue weighted by atomic mass is 16.5. The predicted molar refractivity (Wildman–Crippen MR) is 47.2 cm³/mol. The smallest absolute Gasteiger partial charge is 0.0991 e. The molecule has 0 amide bonds. The Morgan fingerprint density at radius 3 is 2.50 bits per heavy atom. The van der Waals surface area contributed by atoms with E-state index in [-0.39, 0.29) is 0 Å². The molecule has 0 fully saturated rings. The molecule has 12 heavy (non-hydrogen) atoms. The van der Waals surface area contributed by atoms with Crippen molar-refractivity contribution in [3.63, 3.8) is 0 Å². The Hall–Kier alpha value is -1.75. The van der Waals surface area contributed by atoms with Crippen molar-refractivity contribution in [2.24, 2.45) is 0 Å². The van der Waals surface area contributed by atoms with Crippen molar-refractivity contribution in [3.8, 4) is 6.07 Å². The second-order valence-electron chi connectivity index (χ2n) is 2.27. The van der Waals surface area contributed by atoms with Crippen LogP contribution in [0.25, 0.3) is 6.08 Å². The number of methoxy groups -OCH3 is 1. The molecule has 60 valence electrons. The van der Waals surface area contributed by atoms with Crippen LogP contribution in [0.3, 0.4) is 0 Å². The molecule has 0 aromatic heterocycles. The Morgan fingerprint density at radius 2 is 2.00 bits per heavy atom. The van der Waals surface area contributed by atoms with Crippen LogP contribution in [0.4, 0.5) is 0 Å². The molecule has 2 heteroatoms. The Morgan fingerprint density at radius 1 is 1.33 bits per heavy atom. The summed E-state index contributed by atoms with van der Waals surface area (Å²) in [6.45, 7) is 0. The summed E-state index contributed by atoms with van der Waals surface area (Å²) in [6, 6.07) is 9.34. The normalized spacial score (nSPS) is 9.67. The van der Waals surface area contributed by atoms with Gasteiger partial charge in [0.2, 0.25) is 0 Å². The van der Waals surface area contributed by atoms with Gasteiger partial charge in [-0.1, -0.05) is 12.1 Å². The largest absolute Gasteiger partial charge is 0.504 e. The van der Waals surface area contributed by atoms with Crippen molar-refractivity contribution >= 4 is 6.08 Å². The molecule has 0 aliphatic rings. The first-order valence-electron chi connectivity index (χ1n) is 3.56. The fourth-order valence-corrected chi connectivity index (χ4v) is 0.815. The molecular formula is C10H9NO. The highest BCUT2D eigenvalue weighted by Gasteiger charge is 1.88. The van der Waals surface area contributed by atoms with Gasteiger partial charge < -0.3 is 4.74 Å². The molecule has 0 aliphatic carbocycles. The number of benzene rings is 1. The number of nitriles is 1. The molecule has 0 radical (unpaired) electrons. The van der Waals surface area contributed by atoms with E-state index in [1.54, 1.807) is 25.5 Å². The number of hydrogen-bond donors (Lipinski definition) is 0. The van der Waals surface area contributed by atoms with Gasteiger partial charge in [-0.3, -0.25) is 0 Å². The molecule has 0 heterocycles. The summed E-state index contributed by atoms with van der Waals surface area (Å²) in [6.07, 6.45) is 3.43. The average molecular weight is 159 g/mol. The molecule has 0 aliphatic heterocycles. The maximum Gasteiger partial charge on any atom is 0.0991 e. The van der Waals surface area contributed by atoms with E-state index in [9.17, 15) is 0 Å². The predicted octanol–water partition coefficient (Wildman–Crippen LogP) is 2.18. The zero-order valence-electron chi connectivity index (χ0n) is 6.82. The molecule has 1 aromatic rings. The SMILES string of the molecule is CO/C=C\c1ccc(C#N)cc1. The third-order valence-electron chi connectivity index (χ3n) is 1.44. The molecule has 0 saturated carbocycles. The van der Waals surface area contributed by atoms with Gasteiger partial charge in [0.25, 0.3) is 0 Å². The van der Waals surface area contributed by atoms with Crippen molar-refractivity contribution in [1.29, 1.82) is 5.26 Å². The molecule has 0 unspecified atom stereocenters. The lowest BCUT2D eigenvalue weighted by atomic mass is 10.1. The molecule has 1 aromatic carbocycles. The second-order valence-corrected chi connectivity index (χ2v) is 2.27. The van der Waals surface area contributed by atoms with Gasteiger partial charge in [-0.25, -0.2) is 0 Å². The topological polar surface area (TPSA) is 33.0 Å². The van der Waals surface area contributed by atoms with Crippen LogP contribution in [-0.4, -0.2) is 7.11 Å². The lowest BCUT2D eigenvalue weighted by Gasteiger charge is -1.92. The van der Waals surface area contributed by atoms with Gasteiger partial charge in [-0.05, 0) is 23.8 Å². The lowest BCUT2D eigenvalue weighted by molar-refractivity contribution is 0.341. The zero-order valence-corrected chi connectivity index (χ0v) is 6.82. The van der Waals surface area contributed by atoms with Crippen molar-refractivity contribution in [3.05, 3.63) is 41.7 Å². The van der Waals surface area contributed by atoms with Gasteiger partial charge in [0.05, 0.1) is 25.0 Å². The van der Waals surface area contributed by atoms with E-state index in [1.165, 1.54) is 0 Å². The van der Waals surface area contributed by atoms with Gasteiger partial charge in [-0.15, -0.1) is 0 Å². The Balaban J connectivity index is 2.80. The standard InChI is InChI=1S/C10H9NO/c1-12-7-6-9-2-4-10(8-11)5-3-9/h2-7H,1H3/b7-6-. The van der Waals surface area contributed by atoms with Crippen LogP contribution < -0.4 is 0 Å². The summed E-state index contributed by atoms with van der Waals surface area (Å²) in [4.78, 5) is 0. The van der Waals surface area contributed by atoms with Gasteiger partial charge >= 0.3 is 0 Å². The second kappa shape index (κ2) is 4.20. The van der Waals surface area contributed by atoms with E-state index in [0.717, 1.165) is 5.56 Å². The van der Waals surface area contributed by atoms with Gasteiger partial charge in [0.15, 0.2) is 0 Å². The van der Waals surface area contributed by atoms with Crippen LogP contribution in [-0.2, 0) is 4.74 Å². The molecule has 0 atom stereocenters. The minimum absolute atomic E-state index is 0.671. The summed E-state index contributed by atoms with van der Waals surface area (Å²) in [5, 5.41) is 8.51. The monoisotopic (exact) mass is 159 g/mol. The summed E-state index contributed by atoms with van der Waals surface area (Å²) >= 11 is 0. The van der Waals surface area contributed by atoms with Crippen LogP contribution in [0, 0.1) is 11.3 Å². The minimum Gasteiger partial charge on any atom is -0.504 e. The molecular weight excluding hydrogens is 150 g/mol. The van der Waals surface area contributed by atoms with E-state index < -0.39 is 0 Å². The zero-order chi connectivity index (χ0) is 8.81. The van der Waals surface area contributed by atoms with Crippen LogP contribution in [0.2, 0.25) is 0 Å². The number of rotatable bonds is 2. The Labute approximate surface area is 71.7 Å². The van der Waals surface area contributed by atoms with Crippen LogP contribution in [0.15, 0.2) is 30.5 Å². The fourth-order valence-electron chi connectivity index (χ4n) is 0.815. The van der Waals surface area contributed by atoms with E-state index in [1.807, 2.05) is 18.2 Å². The van der Waals surface area contributed by atoms with Crippen molar-refractivity contribution < 1.29 is 4.74 Å². The van der Waals surface area contributed by atoms with Gasteiger partial charge in [-0.2, -0.15) is 5.26 Å². The highest BCUT2D eigenvalue weighted by molar-refractivity contribution is 5.49. The van der Waals surface area contributed by atoms with Crippen LogP contribution in [0.5, 0.6) is 0 Å². The maximum atomic E-state index is 8.51. The first-order chi connectivity index (χ1) is 5.86. The summed E-state index contributed by atoms with van der Waals surface area (Å²) in [5.41, 5.74) is 1.69. The Bertz CT molecular complexity index is 306. The van der Waals surface area contributed by atoms with Crippen molar-refractivity contribution in [1.82, 2.24) is 0 Å².